The molecule has 0 saturated heterocycles. The van der Waals surface area contributed by atoms with Crippen molar-refractivity contribution in [3.63, 3.8) is 0 Å². The third-order valence-electron chi connectivity index (χ3n) is 6.86. The van der Waals surface area contributed by atoms with Gasteiger partial charge in [0.25, 0.3) is 0 Å². The van der Waals surface area contributed by atoms with Crippen molar-refractivity contribution in [1.82, 2.24) is 4.37 Å². The molecular weight excluding hydrogens is 728 g/mol. The fourth-order valence-corrected chi connectivity index (χ4v) is 5.35. The zero-order valence-corrected chi connectivity index (χ0v) is 31.8. The Hall–Kier alpha value is -0.510. The lowest BCUT2D eigenvalue weighted by Gasteiger charge is -2.15. The first-order valence-electron chi connectivity index (χ1n) is 13.0. The number of nitrogens with zero attached hydrogens (tertiary/aromatic N) is 1. The van der Waals surface area contributed by atoms with Crippen LogP contribution >= 0.6 is 60.1 Å². The van der Waals surface area contributed by atoms with Crippen molar-refractivity contribution in [1.29, 1.82) is 0 Å². The van der Waals surface area contributed by atoms with E-state index >= 15 is 0 Å². The molecular formula is C33H53I2NS2. The highest BCUT2D eigenvalue weighted by Gasteiger charge is 2.07. The molecule has 0 aliphatic rings. The molecule has 0 fully saturated rings. The number of aromatic nitrogens is 1. The molecule has 0 bridgehead atoms. The van der Waals surface area contributed by atoms with Gasteiger partial charge in [-0.05, 0) is 138 Å². The molecule has 4 aromatic rings. The van der Waals surface area contributed by atoms with Crippen molar-refractivity contribution in [2.45, 2.75) is 111 Å². The van der Waals surface area contributed by atoms with E-state index in [0.29, 0.717) is 0 Å². The van der Waals surface area contributed by atoms with Gasteiger partial charge >= 0.3 is 0 Å². The third-order valence-corrected chi connectivity index (χ3v) is 8.87. The van der Waals surface area contributed by atoms with Crippen LogP contribution in [0.15, 0.2) is 24.3 Å². The smallest absolute Gasteiger partial charge is 0.0843 e. The number of aryl methyl sites for hydroxylation is 3. The van der Waals surface area contributed by atoms with Crippen molar-refractivity contribution in [3.8, 4) is 0 Å². The van der Waals surface area contributed by atoms with E-state index < -0.39 is 0 Å². The Labute approximate surface area is 267 Å². The molecule has 0 aliphatic carbocycles. The quantitative estimate of drug-likeness (QED) is 0.162. The largest absolute Gasteiger partial charge is 0.192 e. The number of benzene rings is 2. The van der Waals surface area contributed by atoms with Crippen molar-refractivity contribution in [2.75, 3.05) is 0 Å². The zero-order valence-electron chi connectivity index (χ0n) is 25.8. The van der Waals surface area contributed by atoms with Gasteiger partial charge in [0.2, 0.25) is 0 Å². The molecule has 2 aromatic carbocycles. The molecule has 0 spiro atoms. The van der Waals surface area contributed by atoms with Crippen LogP contribution < -0.4 is 0 Å². The molecule has 2 heterocycles. The average Bonchev–Trinajstić information content (AvgIpc) is 3.43. The Morgan fingerprint density at radius 2 is 0.816 bits per heavy atom. The van der Waals surface area contributed by atoms with Crippen LogP contribution in [0.25, 0.3) is 10.9 Å². The van der Waals surface area contributed by atoms with Crippen LogP contribution in [-0.2, 0) is 0 Å². The second-order valence-electron chi connectivity index (χ2n) is 8.47. The van der Waals surface area contributed by atoms with Crippen molar-refractivity contribution < 1.29 is 0 Å². The fourth-order valence-electron chi connectivity index (χ4n) is 3.62. The minimum Gasteiger partial charge on any atom is -0.192 e. The minimum atomic E-state index is 0. The Bertz CT molecular complexity index is 1080. The molecule has 216 valence electrons. The number of thiophene rings is 1. The van der Waals surface area contributed by atoms with E-state index in [2.05, 4.69) is 124 Å². The first kappa shape index (κ1) is 42.0. The summed E-state index contributed by atoms with van der Waals surface area (Å²) in [5, 5.41) is 1.28. The van der Waals surface area contributed by atoms with Crippen LogP contribution in [0.2, 0.25) is 0 Å². The Kier molecular flexibility index (Phi) is 24.5. The SMILES string of the molecule is C.CC.CC.Cc1c(C)c(C)c(C)c(C)c1C.Cc1sc(C)c(C)c1C.Cc1snc2ccccc12.II. The summed E-state index contributed by atoms with van der Waals surface area (Å²) >= 11 is 7.70. The lowest BCUT2D eigenvalue weighted by atomic mass is 9.90. The van der Waals surface area contributed by atoms with Gasteiger partial charge < -0.3 is 0 Å². The molecule has 5 heteroatoms. The fraction of sp³-hybridized carbons (Fsp3) is 0.485. The van der Waals surface area contributed by atoms with Gasteiger partial charge in [-0.15, -0.1) is 11.3 Å². The van der Waals surface area contributed by atoms with Crippen LogP contribution in [-0.4, -0.2) is 4.37 Å². The Morgan fingerprint density at radius 1 is 0.500 bits per heavy atom. The summed E-state index contributed by atoms with van der Waals surface area (Å²) in [5.41, 5.74) is 12.8. The average molecular weight is 782 g/mol. The van der Waals surface area contributed by atoms with Crippen LogP contribution in [0, 0.1) is 76.2 Å². The monoisotopic (exact) mass is 781 g/mol. The van der Waals surface area contributed by atoms with Crippen LogP contribution in [0.1, 0.15) is 94.3 Å². The van der Waals surface area contributed by atoms with Gasteiger partial charge in [-0.25, -0.2) is 0 Å². The highest BCUT2D eigenvalue weighted by Crippen LogP contribution is 2.25. The highest BCUT2D eigenvalue weighted by molar-refractivity contribution is 15.0. The number of halogens is 2. The summed E-state index contributed by atoms with van der Waals surface area (Å²) in [6.07, 6.45) is 0. The first-order valence-corrected chi connectivity index (χ1v) is 20.9. The van der Waals surface area contributed by atoms with E-state index in [4.69, 9.17) is 0 Å². The summed E-state index contributed by atoms with van der Waals surface area (Å²) in [4.78, 5) is 4.23. The predicted octanol–water partition coefficient (Wildman–Crippen LogP) is 13.6. The maximum absolute atomic E-state index is 4.26. The molecule has 0 saturated carbocycles. The maximum atomic E-state index is 4.26. The first-order chi connectivity index (χ1) is 17.5. The van der Waals surface area contributed by atoms with Crippen LogP contribution in [0.3, 0.4) is 0 Å². The van der Waals surface area contributed by atoms with Gasteiger partial charge in [-0.3, -0.25) is 0 Å². The Morgan fingerprint density at radius 3 is 1.08 bits per heavy atom. The highest BCUT2D eigenvalue weighted by atomic mass is 128. The molecule has 0 radical (unpaired) electrons. The summed E-state index contributed by atoms with van der Waals surface area (Å²) in [5.74, 6) is 0. The van der Waals surface area contributed by atoms with E-state index in [0.717, 1.165) is 5.52 Å². The molecule has 0 atom stereocenters. The number of fused-ring (bicyclic) bond motifs is 1. The van der Waals surface area contributed by atoms with Crippen LogP contribution in [0.4, 0.5) is 0 Å². The lowest BCUT2D eigenvalue weighted by molar-refractivity contribution is 1.13. The van der Waals surface area contributed by atoms with Gasteiger partial charge in [-0.1, -0.05) is 53.3 Å². The van der Waals surface area contributed by atoms with Gasteiger partial charge in [0, 0.05) is 57.2 Å². The number of hydrogen-bond donors (Lipinski definition) is 0. The van der Waals surface area contributed by atoms with Crippen molar-refractivity contribution >= 4 is 71.0 Å². The van der Waals surface area contributed by atoms with E-state index in [-0.39, 0.29) is 7.43 Å². The standard InChI is InChI=1S/C12H18.C8H7NS.C8H12S.2C2H6.CH4.I2/c1-7-8(2)10(4)12(6)11(5)9(7)3;1-6-7-4-2-3-5-8(7)9-10-6;1-5-6(2)8(4)9-7(5)3;2*1-2;;1-2/h1-6H3;2-5H,1H3;1-4H3;2*1-2H3;1H4;. The number of hydrogen-bond acceptors (Lipinski definition) is 3. The van der Waals surface area contributed by atoms with Crippen molar-refractivity contribution in [3.05, 3.63) is 83.4 Å². The topological polar surface area (TPSA) is 12.9 Å². The zero-order chi connectivity index (χ0) is 29.5. The summed E-state index contributed by atoms with van der Waals surface area (Å²) in [7, 11) is 0. The normalized spacial score (nSPS) is 8.97. The van der Waals surface area contributed by atoms with E-state index in [1.165, 1.54) is 64.5 Å². The molecule has 0 unspecified atom stereocenters. The second-order valence-corrected chi connectivity index (χ2v) is 10.9. The molecule has 38 heavy (non-hydrogen) atoms. The molecule has 1 nitrogen and oxygen atoms in total. The summed E-state index contributed by atoms with van der Waals surface area (Å²) in [6, 6.07) is 8.21. The molecule has 2 aromatic heterocycles. The minimum absolute atomic E-state index is 0. The molecule has 0 amide bonds. The summed E-state index contributed by atoms with van der Waals surface area (Å²) < 4.78 is 4.26. The van der Waals surface area contributed by atoms with E-state index in [9.17, 15) is 0 Å². The van der Waals surface area contributed by atoms with Gasteiger partial charge in [0.1, 0.15) is 0 Å². The van der Waals surface area contributed by atoms with Gasteiger partial charge in [-0.2, -0.15) is 4.37 Å². The Balaban J connectivity index is -0.000000437. The molecule has 4 rings (SSSR count). The van der Waals surface area contributed by atoms with Crippen molar-refractivity contribution in [2.24, 2.45) is 0 Å². The summed E-state index contributed by atoms with van der Waals surface area (Å²) in [6.45, 7) is 32.1. The third kappa shape index (κ3) is 11.9. The predicted molar refractivity (Wildman–Crippen MR) is 200 cm³/mol. The second kappa shape index (κ2) is 22.2. The number of rotatable bonds is 0. The van der Waals surface area contributed by atoms with E-state index in [1.807, 2.05) is 57.2 Å². The lowest BCUT2D eigenvalue weighted by Crippen LogP contribution is -1.98. The molecule has 0 N–H and O–H groups in total. The van der Waals surface area contributed by atoms with Crippen LogP contribution in [0.5, 0.6) is 0 Å². The van der Waals surface area contributed by atoms with Gasteiger partial charge in [0.05, 0.1) is 5.52 Å². The van der Waals surface area contributed by atoms with E-state index in [1.54, 1.807) is 11.5 Å². The van der Waals surface area contributed by atoms with Gasteiger partial charge in [0.15, 0.2) is 0 Å². The maximum Gasteiger partial charge on any atom is 0.0843 e. The molecule has 0 aliphatic heterocycles.